The Kier molecular flexibility index (Phi) is 3.34. The van der Waals surface area contributed by atoms with E-state index < -0.39 is 0 Å². The number of hydrogen-bond acceptors (Lipinski definition) is 6. The summed E-state index contributed by atoms with van der Waals surface area (Å²) < 4.78 is 27.0. The van der Waals surface area contributed by atoms with Gasteiger partial charge in [-0.3, -0.25) is 4.40 Å². The fourth-order valence-electron chi connectivity index (χ4n) is 3.23. The van der Waals surface area contributed by atoms with E-state index in [1.54, 1.807) is 35.3 Å². The van der Waals surface area contributed by atoms with Crippen LogP contribution in [0.4, 0.5) is 10.3 Å². The van der Waals surface area contributed by atoms with Gasteiger partial charge in [0.25, 0.3) is 0 Å². The van der Waals surface area contributed by atoms with Gasteiger partial charge in [0.1, 0.15) is 23.7 Å². The van der Waals surface area contributed by atoms with Gasteiger partial charge in [-0.1, -0.05) is 0 Å². The molecular formula is C18H14FN5O2. The highest BCUT2D eigenvalue weighted by atomic mass is 19.1. The van der Waals surface area contributed by atoms with Crippen LogP contribution in [0.5, 0.6) is 5.75 Å². The summed E-state index contributed by atoms with van der Waals surface area (Å²) >= 11 is 0. The largest absolute Gasteiger partial charge is 0.493 e. The first-order valence-electron chi connectivity index (χ1n) is 8.21. The molecule has 130 valence electrons. The molecule has 5 rings (SSSR count). The molecule has 0 atom stereocenters. The van der Waals surface area contributed by atoms with Gasteiger partial charge in [-0.15, -0.1) is 10.2 Å². The zero-order chi connectivity index (χ0) is 17.5. The molecule has 8 heteroatoms. The van der Waals surface area contributed by atoms with Gasteiger partial charge in [0.15, 0.2) is 5.65 Å². The van der Waals surface area contributed by atoms with Crippen LogP contribution in [0.1, 0.15) is 11.1 Å². The first kappa shape index (κ1) is 14.9. The topological polar surface area (TPSA) is 77.5 Å². The highest BCUT2D eigenvalue weighted by Crippen LogP contribution is 2.31. The highest BCUT2D eigenvalue weighted by molar-refractivity contribution is 5.74. The van der Waals surface area contributed by atoms with Crippen molar-refractivity contribution >= 4 is 11.6 Å². The summed E-state index contributed by atoms with van der Waals surface area (Å²) in [6, 6.07) is 6.75. The number of nitrogens with zero attached hydrogens (tertiary/aromatic N) is 4. The maximum atomic E-state index is 14.3. The summed E-state index contributed by atoms with van der Waals surface area (Å²) in [4.78, 5) is 4.43. The van der Waals surface area contributed by atoms with Crippen molar-refractivity contribution in [1.82, 2.24) is 19.6 Å². The van der Waals surface area contributed by atoms with E-state index in [2.05, 4.69) is 20.5 Å². The molecule has 7 nitrogen and oxygen atoms in total. The van der Waals surface area contributed by atoms with Crippen molar-refractivity contribution in [1.29, 1.82) is 0 Å². The van der Waals surface area contributed by atoms with Crippen LogP contribution in [0.3, 0.4) is 0 Å². The number of halogens is 1. The molecule has 0 saturated heterocycles. The first-order chi connectivity index (χ1) is 12.8. The zero-order valence-electron chi connectivity index (χ0n) is 13.6. The Morgan fingerprint density at radius 1 is 1.27 bits per heavy atom. The quantitative estimate of drug-likeness (QED) is 0.609. The van der Waals surface area contributed by atoms with Crippen molar-refractivity contribution in [3.63, 3.8) is 0 Å². The number of ether oxygens (including phenoxy) is 1. The van der Waals surface area contributed by atoms with Gasteiger partial charge < -0.3 is 14.5 Å². The molecule has 1 N–H and O–H groups in total. The van der Waals surface area contributed by atoms with Crippen LogP contribution in [-0.4, -0.2) is 26.2 Å². The summed E-state index contributed by atoms with van der Waals surface area (Å²) in [6.45, 7) is 0.871. The molecule has 4 heterocycles. The molecule has 1 aliphatic rings. The molecule has 0 radical (unpaired) electrons. The van der Waals surface area contributed by atoms with E-state index >= 15 is 0 Å². The average molecular weight is 351 g/mol. The standard InChI is InChI=1S/C18H14FN5O2/c19-14-3-4-16-11(5-7-26-16)12(14)8-20-18-21-9-13(15-2-1-6-25-15)17-23-22-10-24(17)18/h1-4,6,9-10H,5,7-8H2,(H,20,21). The van der Waals surface area contributed by atoms with Crippen molar-refractivity contribution in [2.75, 3.05) is 11.9 Å². The Balaban J connectivity index is 1.49. The molecule has 0 unspecified atom stereocenters. The van der Waals surface area contributed by atoms with Crippen molar-refractivity contribution in [2.24, 2.45) is 0 Å². The Labute approximate surface area is 147 Å². The van der Waals surface area contributed by atoms with Crippen molar-refractivity contribution < 1.29 is 13.5 Å². The van der Waals surface area contributed by atoms with Crippen molar-refractivity contribution in [3.05, 3.63) is 60.0 Å². The lowest BCUT2D eigenvalue weighted by Gasteiger charge is -2.12. The number of rotatable bonds is 4. The maximum absolute atomic E-state index is 14.3. The van der Waals surface area contributed by atoms with Gasteiger partial charge in [-0.05, 0) is 24.3 Å². The van der Waals surface area contributed by atoms with Gasteiger partial charge in [0.05, 0.1) is 18.4 Å². The number of hydrogen-bond donors (Lipinski definition) is 1. The average Bonchev–Trinajstić information content (AvgIpc) is 3.40. The van der Waals surface area contributed by atoms with E-state index in [-0.39, 0.29) is 5.82 Å². The predicted molar refractivity (Wildman–Crippen MR) is 91.4 cm³/mol. The van der Waals surface area contributed by atoms with E-state index in [0.717, 1.165) is 16.9 Å². The normalized spacial score (nSPS) is 13.0. The van der Waals surface area contributed by atoms with E-state index in [1.165, 1.54) is 6.07 Å². The van der Waals surface area contributed by atoms with Crippen LogP contribution < -0.4 is 10.1 Å². The fraction of sp³-hybridized carbons (Fsp3) is 0.167. The van der Waals surface area contributed by atoms with Gasteiger partial charge in [0, 0.05) is 30.3 Å². The smallest absolute Gasteiger partial charge is 0.210 e. The molecule has 4 aromatic rings. The summed E-state index contributed by atoms with van der Waals surface area (Å²) in [6.07, 6.45) is 5.53. The molecular weight excluding hydrogens is 337 g/mol. The number of anilines is 1. The molecule has 0 amide bonds. The predicted octanol–water partition coefficient (Wildman–Crippen LogP) is 3.07. The third-order valence-corrected chi connectivity index (χ3v) is 4.48. The van der Waals surface area contributed by atoms with Crippen LogP contribution in [0.25, 0.3) is 17.0 Å². The molecule has 1 aliphatic heterocycles. The van der Waals surface area contributed by atoms with Gasteiger partial charge >= 0.3 is 0 Å². The number of fused-ring (bicyclic) bond motifs is 2. The van der Waals surface area contributed by atoms with Crippen molar-refractivity contribution in [2.45, 2.75) is 13.0 Å². The van der Waals surface area contributed by atoms with Crippen LogP contribution in [-0.2, 0) is 13.0 Å². The Morgan fingerprint density at radius 3 is 3.12 bits per heavy atom. The second-order valence-corrected chi connectivity index (χ2v) is 5.95. The van der Waals surface area contributed by atoms with Crippen LogP contribution in [0.2, 0.25) is 0 Å². The summed E-state index contributed by atoms with van der Waals surface area (Å²) in [5, 5.41) is 11.3. The lowest BCUT2D eigenvalue weighted by molar-refractivity contribution is 0.356. The second-order valence-electron chi connectivity index (χ2n) is 5.95. The second kappa shape index (κ2) is 5.83. The SMILES string of the molecule is Fc1ccc2c(c1CNc1ncc(-c3ccco3)c3nncn13)CCO2. The molecule has 0 fully saturated rings. The highest BCUT2D eigenvalue weighted by Gasteiger charge is 2.20. The zero-order valence-corrected chi connectivity index (χ0v) is 13.6. The van der Waals surface area contributed by atoms with Gasteiger partial charge in [0.2, 0.25) is 5.95 Å². The molecule has 0 aliphatic carbocycles. The lowest BCUT2D eigenvalue weighted by atomic mass is 10.0. The molecule has 26 heavy (non-hydrogen) atoms. The van der Waals surface area contributed by atoms with Crippen LogP contribution >= 0.6 is 0 Å². The Bertz CT molecular complexity index is 1090. The monoisotopic (exact) mass is 351 g/mol. The van der Waals surface area contributed by atoms with E-state index in [9.17, 15) is 4.39 Å². The molecule has 0 spiro atoms. The lowest BCUT2D eigenvalue weighted by Crippen LogP contribution is -2.09. The van der Waals surface area contributed by atoms with Gasteiger partial charge in [-0.2, -0.15) is 0 Å². The Morgan fingerprint density at radius 2 is 2.23 bits per heavy atom. The van der Waals surface area contributed by atoms with E-state index in [4.69, 9.17) is 9.15 Å². The van der Waals surface area contributed by atoms with Crippen LogP contribution in [0, 0.1) is 5.82 Å². The van der Waals surface area contributed by atoms with E-state index in [0.29, 0.717) is 42.5 Å². The molecule has 1 aromatic carbocycles. The molecule has 0 bridgehead atoms. The minimum Gasteiger partial charge on any atom is -0.493 e. The summed E-state index contributed by atoms with van der Waals surface area (Å²) in [5.41, 5.74) is 2.85. The van der Waals surface area contributed by atoms with Crippen molar-refractivity contribution in [3.8, 4) is 17.1 Å². The number of benzene rings is 1. The third-order valence-electron chi connectivity index (χ3n) is 4.48. The maximum Gasteiger partial charge on any atom is 0.210 e. The minimum atomic E-state index is -0.256. The minimum absolute atomic E-state index is 0.256. The Hall–Kier alpha value is -3.42. The summed E-state index contributed by atoms with van der Waals surface area (Å²) in [7, 11) is 0. The van der Waals surface area contributed by atoms with Crippen LogP contribution in [0.15, 0.2) is 47.5 Å². The summed E-state index contributed by atoms with van der Waals surface area (Å²) in [5.74, 6) is 1.68. The fourth-order valence-corrected chi connectivity index (χ4v) is 3.23. The molecule has 0 saturated carbocycles. The van der Waals surface area contributed by atoms with Gasteiger partial charge in [-0.25, -0.2) is 9.37 Å². The number of nitrogens with one attached hydrogen (secondary N) is 1. The number of aromatic nitrogens is 4. The molecule has 3 aromatic heterocycles. The third kappa shape index (κ3) is 2.30. The number of furan rings is 1. The first-order valence-corrected chi connectivity index (χ1v) is 8.21. The van der Waals surface area contributed by atoms with E-state index in [1.807, 2.05) is 6.07 Å².